The molecule has 0 aromatic rings. The van der Waals surface area contributed by atoms with Crippen molar-refractivity contribution in [3.63, 3.8) is 0 Å². The molecule has 0 aromatic heterocycles. The maximum absolute atomic E-state index is 11.4. The minimum atomic E-state index is 0.0939. The van der Waals surface area contributed by atoms with Gasteiger partial charge >= 0.3 is 0 Å². The third-order valence-electron chi connectivity index (χ3n) is 3.55. The molecular formula is C11H18N2O. The van der Waals surface area contributed by atoms with Gasteiger partial charge in [-0.05, 0) is 32.5 Å². The van der Waals surface area contributed by atoms with Gasteiger partial charge in [-0.2, -0.15) is 0 Å². The van der Waals surface area contributed by atoms with E-state index >= 15 is 0 Å². The first-order valence-electron chi connectivity index (χ1n) is 5.25. The lowest BCUT2D eigenvalue weighted by Gasteiger charge is -2.23. The third kappa shape index (κ3) is 1.57. The van der Waals surface area contributed by atoms with Crippen molar-refractivity contribution in [2.75, 3.05) is 33.2 Å². The highest BCUT2D eigenvalue weighted by molar-refractivity contribution is 5.87. The molecular weight excluding hydrogens is 176 g/mol. The van der Waals surface area contributed by atoms with E-state index in [-0.39, 0.29) is 5.91 Å². The summed E-state index contributed by atoms with van der Waals surface area (Å²) in [4.78, 5) is 15.7. The quantitative estimate of drug-likeness (QED) is 0.574. The maximum Gasteiger partial charge on any atom is 0.245 e. The van der Waals surface area contributed by atoms with E-state index in [0.29, 0.717) is 5.41 Å². The molecule has 0 aromatic carbocycles. The van der Waals surface area contributed by atoms with Crippen LogP contribution < -0.4 is 0 Å². The van der Waals surface area contributed by atoms with Gasteiger partial charge in [-0.25, -0.2) is 0 Å². The van der Waals surface area contributed by atoms with E-state index in [4.69, 9.17) is 0 Å². The second-order valence-electron chi connectivity index (χ2n) is 4.70. The normalized spacial score (nSPS) is 32.8. The molecule has 1 unspecified atom stereocenters. The van der Waals surface area contributed by atoms with Gasteiger partial charge in [0.05, 0.1) is 0 Å². The summed E-state index contributed by atoms with van der Waals surface area (Å²) in [5, 5.41) is 0. The number of carbonyl (C=O) groups excluding carboxylic acids is 1. The lowest BCUT2D eigenvalue weighted by atomic mass is 9.86. The van der Waals surface area contributed by atoms with E-state index in [1.807, 2.05) is 4.90 Å². The second-order valence-corrected chi connectivity index (χ2v) is 4.70. The fourth-order valence-electron chi connectivity index (χ4n) is 2.74. The Bertz CT molecular complexity index is 264. The lowest BCUT2D eigenvalue weighted by molar-refractivity contribution is -0.125. The van der Waals surface area contributed by atoms with Crippen molar-refractivity contribution >= 4 is 5.91 Å². The van der Waals surface area contributed by atoms with E-state index in [9.17, 15) is 4.79 Å². The Morgan fingerprint density at radius 3 is 2.64 bits per heavy atom. The van der Waals surface area contributed by atoms with Crippen LogP contribution in [0.1, 0.15) is 12.8 Å². The zero-order valence-corrected chi connectivity index (χ0v) is 8.83. The molecule has 1 amide bonds. The lowest BCUT2D eigenvalue weighted by Crippen LogP contribution is -2.32. The van der Waals surface area contributed by atoms with Gasteiger partial charge < -0.3 is 9.80 Å². The molecule has 0 radical (unpaired) electrons. The highest BCUT2D eigenvalue weighted by Gasteiger charge is 2.43. The molecule has 14 heavy (non-hydrogen) atoms. The van der Waals surface area contributed by atoms with Crippen LogP contribution >= 0.6 is 0 Å². The summed E-state index contributed by atoms with van der Waals surface area (Å²) in [6.07, 6.45) is 3.83. The summed E-state index contributed by atoms with van der Waals surface area (Å²) in [6, 6.07) is 0. The van der Waals surface area contributed by atoms with Crippen molar-refractivity contribution in [3.05, 3.63) is 12.7 Å². The number of carbonyl (C=O) groups is 1. The zero-order valence-electron chi connectivity index (χ0n) is 8.83. The minimum absolute atomic E-state index is 0.0939. The van der Waals surface area contributed by atoms with Gasteiger partial charge in [0.2, 0.25) is 5.91 Å². The Balaban J connectivity index is 2.00. The van der Waals surface area contributed by atoms with E-state index in [2.05, 4.69) is 18.5 Å². The van der Waals surface area contributed by atoms with Crippen molar-refractivity contribution in [3.8, 4) is 0 Å². The molecule has 0 N–H and O–H groups in total. The van der Waals surface area contributed by atoms with E-state index in [1.54, 1.807) is 0 Å². The zero-order chi connectivity index (χ0) is 10.2. The first kappa shape index (κ1) is 9.71. The third-order valence-corrected chi connectivity index (χ3v) is 3.55. The van der Waals surface area contributed by atoms with Crippen molar-refractivity contribution in [1.82, 2.24) is 9.80 Å². The molecule has 2 heterocycles. The molecule has 2 fully saturated rings. The van der Waals surface area contributed by atoms with Crippen LogP contribution in [-0.2, 0) is 4.79 Å². The highest BCUT2D eigenvalue weighted by Crippen LogP contribution is 2.38. The summed E-state index contributed by atoms with van der Waals surface area (Å²) >= 11 is 0. The molecule has 2 aliphatic heterocycles. The molecule has 78 valence electrons. The average molecular weight is 194 g/mol. The van der Waals surface area contributed by atoms with Crippen LogP contribution in [0.3, 0.4) is 0 Å². The molecule has 3 nitrogen and oxygen atoms in total. The minimum Gasteiger partial charge on any atom is -0.339 e. The molecule has 0 saturated carbocycles. The number of hydrogen-bond donors (Lipinski definition) is 0. The molecule has 1 spiro atoms. The van der Waals surface area contributed by atoms with Gasteiger partial charge in [0, 0.05) is 25.0 Å². The number of hydrogen-bond acceptors (Lipinski definition) is 2. The Morgan fingerprint density at radius 1 is 1.36 bits per heavy atom. The SMILES string of the molecule is C=CC(=O)N1CCC2(CCN(C)C2)C1. The van der Waals surface area contributed by atoms with Gasteiger partial charge in [0.25, 0.3) is 0 Å². The number of rotatable bonds is 1. The van der Waals surface area contributed by atoms with Crippen LogP contribution in [0.25, 0.3) is 0 Å². The first-order valence-corrected chi connectivity index (χ1v) is 5.25. The standard InChI is InChI=1S/C11H18N2O/c1-3-10(14)13-7-5-11(9-13)4-6-12(2)8-11/h3H,1,4-9H2,2H3. The molecule has 3 heteroatoms. The van der Waals surface area contributed by atoms with Crippen molar-refractivity contribution in [1.29, 1.82) is 0 Å². The van der Waals surface area contributed by atoms with E-state index in [1.165, 1.54) is 19.0 Å². The molecule has 0 bridgehead atoms. The smallest absolute Gasteiger partial charge is 0.245 e. The Kier molecular flexibility index (Phi) is 2.35. The van der Waals surface area contributed by atoms with Crippen LogP contribution in [0.5, 0.6) is 0 Å². The van der Waals surface area contributed by atoms with Crippen LogP contribution in [0.15, 0.2) is 12.7 Å². The van der Waals surface area contributed by atoms with Crippen molar-refractivity contribution < 1.29 is 4.79 Å². The summed E-state index contributed by atoms with van der Waals surface area (Å²) in [5.74, 6) is 0.0939. The summed E-state index contributed by atoms with van der Waals surface area (Å²) < 4.78 is 0. The Morgan fingerprint density at radius 2 is 2.07 bits per heavy atom. The van der Waals surface area contributed by atoms with Crippen molar-refractivity contribution in [2.45, 2.75) is 12.8 Å². The molecule has 0 aliphatic carbocycles. The Hall–Kier alpha value is -0.830. The fraction of sp³-hybridized carbons (Fsp3) is 0.727. The fourth-order valence-corrected chi connectivity index (χ4v) is 2.74. The van der Waals surface area contributed by atoms with Crippen LogP contribution in [-0.4, -0.2) is 48.9 Å². The van der Waals surface area contributed by atoms with Gasteiger partial charge in [0.15, 0.2) is 0 Å². The van der Waals surface area contributed by atoms with Crippen LogP contribution in [0, 0.1) is 5.41 Å². The van der Waals surface area contributed by atoms with Gasteiger partial charge in [-0.1, -0.05) is 6.58 Å². The van der Waals surface area contributed by atoms with E-state index in [0.717, 1.165) is 26.1 Å². The predicted octanol–water partition coefficient (Wildman–Crippen LogP) is 0.727. The predicted molar refractivity (Wildman–Crippen MR) is 55.9 cm³/mol. The number of nitrogens with zero attached hydrogens (tertiary/aromatic N) is 2. The van der Waals surface area contributed by atoms with Gasteiger partial charge in [-0.3, -0.25) is 4.79 Å². The molecule has 2 rings (SSSR count). The first-order chi connectivity index (χ1) is 6.65. The highest BCUT2D eigenvalue weighted by atomic mass is 16.2. The summed E-state index contributed by atoms with van der Waals surface area (Å²) in [5.41, 5.74) is 0.396. The second kappa shape index (κ2) is 3.39. The number of likely N-dealkylation sites (tertiary alicyclic amines) is 2. The van der Waals surface area contributed by atoms with Crippen molar-refractivity contribution in [2.24, 2.45) is 5.41 Å². The monoisotopic (exact) mass is 194 g/mol. The average Bonchev–Trinajstić information content (AvgIpc) is 2.74. The molecule has 2 saturated heterocycles. The van der Waals surface area contributed by atoms with Gasteiger partial charge in [-0.15, -0.1) is 0 Å². The summed E-state index contributed by atoms with van der Waals surface area (Å²) in [7, 11) is 2.16. The Labute approximate surface area is 85.4 Å². The van der Waals surface area contributed by atoms with Crippen LogP contribution in [0.2, 0.25) is 0 Å². The van der Waals surface area contributed by atoms with Crippen LogP contribution in [0.4, 0.5) is 0 Å². The van der Waals surface area contributed by atoms with E-state index < -0.39 is 0 Å². The molecule has 1 atom stereocenters. The van der Waals surface area contributed by atoms with Gasteiger partial charge in [0.1, 0.15) is 0 Å². The maximum atomic E-state index is 11.4. The molecule has 2 aliphatic rings. The number of amides is 1. The largest absolute Gasteiger partial charge is 0.339 e. The topological polar surface area (TPSA) is 23.6 Å². The summed E-state index contributed by atoms with van der Waals surface area (Å²) in [6.45, 7) is 7.71.